The number of alkyl halides is 3. The minimum atomic E-state index is -4.50. The molecule has 0 bridgehead atoms. The smallest absolute Gasteiger partial charge is 0.378 e. The molecule has 0 radical (unpaired) electrons. The van der Waals surface area contributed by atoms with E-state index in [-0.39, 0.29) is 11.9 Å². The summed E-state index contributed by atoms with van der Waals surface area (Å²) in [6.45, 7) is 2.23. The van der Waals surface area contributed by atoms with Gasteiger partial charge in [-0.1, -0.05) is 0 Å². The predicted octanol–water partition coefficient (Wildman–Crippen LogP) is 4.05. The molecule has 0 unspecified atom stereocenters. The molecule has 1 aliphatic heterocycles. The van der Waals surface area contributed by atoms with Crippen LogP contribution in [0.15, 0.2) is 61.1 Å². The van der Waals surface area contributed by atoms with E-state index in [9.17, 15) is 18.0 Å². The molecule has 1 aliphatic rings. The fourth-order valence-corrected chi connectivity index (χ4v) is 3.66. The largest absolute Gasteiger partial charge is 0.433 e. The van der Waals surface area contributed by atoms with E-state index < -0.39 is 11.9 Å². The fraction of sp³-hybridized carbons (Fsp3) is 0.217. The lowest BCUT2D eigenvalue weighted by Gasteiger charge is -2.26. The summed E-state index contributed by atoms with van der Waals surface area (Å²) in [5.74, 6) is 0.180. The molecule has 1 N–H and O–H groups in total. The number of amides is 1. The van der Waals surface area contributed by atoms with E-state index in [4.69, 9.17) is 4.74 Å². The Bertz CT molecular complexity index is 1310. The maximum atomic E-state index is 12.7. The molecule has 0 spiro atoms. The first-order chi connectivity index (χ1) is 16.4. The second-order valence-electron chi connectivity index (χ2n) is 7.66. The van der Waals surface area contributed by atoms with Crippen molar-refractivity contribution in [3.63, 3.8) is 0 Å². The van der Waals surface area contributed by atoms with Gasteiger partial charge in [-0.2, -0.15) is 18.2 Å². The van der Waals surface area contributed by atoms with Crippen molar-refractivity contribution in [2.75, 3.05) is 31.6 Å². The minimum Gasteiger partial charge on any atom is -0.378 e. The van der Waals surface area contributed by atoms with Gasteiger partial charge in [0.1, 0.15) is 11.3 Å². The number of fused-ring (bicyclic) bond motifs is 1. The molecular weight excluding hydrogens is 449 g/mol. The maximum Gasteiger partial charge on any atom is 0.433 e. The number of halogens is 3. The summed E-state index contributed by atoms with van der Waals surface area (Å²) in [4.78, 5) is 26.6. The third-order valence-electron chi connectivity index (χ3n) is 5.43. The van der Waals surface area contributed by atoms with Gasteiger partial charge in [-0.3, -0.25) is 4.79 Å². The zero-order valence-corrected chi connectivity index (χ0v) is 17.8. The number of morpholine rings is 1. The average Bonchev–Trinajstić information content (AvgIpc) is 3.27. The number of rotatable bonds is 4. The number of aromatic nitrogens is 4. The maximum absolute atomic E-state index is 12.7. The van der Waals surface area contributed by atoms with E-state index in [0.717, 1.165) is 23.3 Å². The van der Waals surface area contributed by atoms with Gasteiger partial charge < -0.3 is 19.5 Å². The first-order valence-electron chi connectivity index (χ1n) is 10.5. The number of nitrogens with one attached hydrogen (secondary N) is 1. The molecule has 3 aromatic heterocycles. The Morgan fingerprint density at radius 3 is 2.41 bits per heavy atom. The number of benzene rings is 1. The molecule has 4 aromatic rings. The summed E-state index contributed by atoms with van der Waals surface area (Å²) in [5.41, 5.74) is 1.35. The first kappa shape index (κ1) is 21.8. The minimum absolute atomic E-state index is 0.0359. The van der Waals surface area contributed by atoms with Crippen molar-refractivity contribution >= 4 is 28.6 Å². The summed E-state index contributed by atoms with van der Waals surface area (Å²) in [6.07, 6.45) is 0.0351. The van der Waals surface area contributed by atoms with Crippen molar-refractivity contribution in [2.45, 2.75) is 6.18 Å². The quantitative estimate of drug-likeness (QED) is 0.487. The zero-order valence-electron chi connectivity index (χ0n) is 17.8. The molecule has 1 amide bonds. The molecule has 174 valence electrons. The molecule has 4 heterocycles. The molecule has 34 heavy (non-hydrogen) atoms. The van der Waals surface area contributed by atoms with Crippen molar-refractivity contribution in [1.29, 1.82) is 0 Å². The molecular formula is C23H19F3N6O2. The lowest BCUT2D eigenvalue weighted by atomic mass is 10.1. The summed E-state index contributed by atoms with van der Waals surface area (Å²) in [7, 11) is 0. The molecule has 0 aliphatic carbocycles. The van der Waals surface area contributed by atoms with Crippen LogP contribution >= 0.6 is 0 Å². The molecule has 1 saturated heterocycles. The van der Waals surface area contributed by atoms with Gasteiger partial charge in [-0.25, -0.2) is 9.97 Å². The molecule has 1 aromatic carbocycles. The molecule has 11 heteroatoms. The van der Waals surface area contributed by atoms with Crippen LogP contribution in [-0.4, -0.2) is 56.6 Å². The van der Waals surface area contributed by atoms with Crippen LogP contribution in [0.25, 0.3) is 16.7 Å². The number of anilines is 2. The third-order valence-corrected chi connectivity index (χ3v) is 5.43. The van der Waals surface area contributed by atoms with Crippen LogP contribution in [-0.2, 0) is 10.9 Å². The van der Waals surface area contributed by atoms with Crippen molar-refractivity contribution in [3.8, 4) is 5.69 Å². The number of hydrogen-bond acceptors (Lipinski definition) is 6. The third kappa shape index (κ3) is 4.42. The van der Waals surface area contributed by atoms with E-state index in [2.05, 4.69) is 20.3 Å². The number of pyridine rings is 1. The Kier molecular flexibility index (Phi) is 5.62. The Morgan fingerprint density at radius 2 is 1.74 bits per heavy atom. The summed E-state index contributed by atoms with van der Waals surface area (Å²) in [5, 5.41) is 3.66. The Hall–Kier alpha value is -3.99. The standard InChI is InChI=1S/C23H19F3N6O2/c24-23(25,26)19-6-3-17(14-27-19)29-22-28-13-16-7-8-32(20(16)30-22)18-4-1-15(2-5-18)21(33)31-9-11-34-12-10-31/h1-8,13-14H,9-12H2,(H,28,29,30). The van der Waals surface area contributed by atoms with E-state index >= 15 is 0 Å². The van der Waals surface area contributed by atoms with Crippen LogP contribution in [0.5, 0.6) is 0 Å². The van der Waals surface area contributed by atoms with E-state index in [1.165, 1.54) is 6.07 Å². The second-order valence-corrected chi connectivity index (χ2v) is 7.66. The van der Waals surface area contributed by atoms with Crippen molar-refractivity contribution < 1.29 is 22.7 Å². The lowest BCUT2D eigenvalue weighted by Crippen LogP contribution is -2.40. The van der Waals surface area contributed by atoms with Crippen molar-refractivity contribution in [2.24, 2.45) is 0 Å². The number of ether oxygens (including phenoxy) is 1. The van der Waals surface area contributed by atoms with E-state index in [1.54, 1.807) is 23.2 Å². The Labute approximate surface area is 192 Å². The van der Waals surface area contributed by atoms with Gasteiger partial charge in [-0.05, 0) is 42.5 Å². The van der Waals surface area contributed by atoms with Gasteiger partial charge in [-0.15, -0.1) is 0 Å². The van der Waals surface area contributed by atoms with Crippen LogP contribution in [0, 0.1) is 0 Å². The van der Waals surface area contributed by atoms with Crippen molar-refractivity contribution in [1.82, 2.24) is 24.4 Å². The van der Waals surface area contributed by atoms with E-state index in [0.29, 0.717) is 43.2 Å². The number of carbonyl (C=O) groups excluding carboxylic acids is 1. The SMILES string of the molecule is O=C(c1ccc(-n2ccc3cnc(Nc4ccc(C(F)(F)F)nc4)nc32)cc1)N1CCOCC1. The summed E-state index contributed by atoms with van der Waals surface area (Å²) >= 11 is 0. The van der Waals surface area contributed by atoms with Crippen LogP contribution in [0.3, 0.4) is 0 Å². The molecule has 8 nitrogen and oxygen atoms in total. The summed E-state index contributed by atoms with van der Waals surface area (Å²) < 4.78 is 45.3. The van der Waals surface area contributed by atoms with Gasteiger partial charge >= 0.3 is 6.18 Å². The van der Waals surface area contributed by atoms with Gasteiger partial charge in [0, 0.05) is 42.1 Å². The monoisotopic (exact) mass is 468 g/mol. The molecule has 0 saturated carbocycles. The van der Waals surface area contributed by atoms with Crippen molar-refractivity contribution in [3.05, 3.63) is 72.3 Å². The first-order valence-corrected chi connectivity index (χ1v) is 10.5. The fourth-order valence-electron chi connectivity index (χ4n) is 3.66. The molecule has 1 fully saturated rings. The second kappa shape index (κ2) is 8.75. The number of carbonyl (C=O) groups is 1. The molecule has 5 rings (SSSR count). The normalized spacial score (nSPS) is 14.4. The molecule has 0 atom stereocenters. The van der Waals surface area contributed by atoms with Gasteiger partial charge in [0.2, 0.25) is 5.95 Å². The Balaban J connectivity index is 1.37. The lowest BCUT2D eigenvalue weighted by molar-refractivity contribution is -0.141. The van der Waals surface area contributed by atoms with Gasteiger partial charge in [0.05, 0.1) is 25.1 Å². The zero-order chi connectivity index (χ0) is 23.7. The average molecular weight is 468 g/mol. The highest BCUT2D eigenvalue weighted by molar-refractivity contribution is 5.94. The predicted molar refractivity (Wildman–Crippen MR) is 118 cm³/mol. The van der Waals surface area contributed by atoms with Gasteiger partial charge in [0.15, 0.2) is 0 Å². The topological polar surface area (TPSA) is 85.2 Å². The Morgan fingerprint density at radius 1 is 0.971 bits per heavy atom. The van der Waals surface area contributed by atoms with Gasteiger partial charge in [0.25, 0.3) is 5.91 Å². The number of nitrogens with zero attached hydrogens (tertiary/aromatic N) is 5. The summed E-state index contributed by atoms with van der Waals surface area (Å²) in [6, 6.07) is 11.2. The van der Waals surface area contributed by atoms with Crippen LogP contribution in [0.1, 0.15) is 16.1 Å². The van der Waals surface area contributed by atoms with E-state index in [1.807, 2.05) is 29.0 Å². The van der Waals surface area contributed by atoms with Crippen LogP contribution in [0.4, 0.5) is 24.8 Å². The highest BCUT2D eigenvalue weighted by atomic mass is 19.4. The van der Waals surface area contributed by atoms with Crippen LogP contribution in [0.2, 0.25) is 0 Å². The number of hydrogen-bond donors (Lipinski definition) is 1. The highest BCUT2D eigenvalue weighted by Gasteiger charge is 2.32. The van der Waals surface area contributed by atoms with Crippen LogP contribution < -0.4 is 5.32 Å². The highest BCUT2D eigenvalue weighted by Crippen LogP contribution is 2.28.